The van der Waals surface area contributed by atoms with E-state index in [0.29, 0.717) is 43.4 Å². The van der Waals surface area contributed by atoms with Gasteiger partial charge in [0.05, 0.1) is 10.9 Å². The molecule has 2 saturated heterocycles. The van der Waals surface area contributed by atoms with Gasteiger partial charge in [0, 0.05) is 31.7 Å². The number of nitrogens with one attached hydrogen (secondary N) is 1. The maximum absolute atomic E-state index is 12.7. The maximum Gasteiger partial charge on any atom is 0.407 e. The van der Waals surface area contributed by atoms with Crippen molar-refractivity contribution in [3.05, 3.63) is 65.7 Å². The SMILES string of the molecule is CS(=O)(=O)c1ccc(C(c2ccccc2)C2CCN(C(=O)CCC3COC(=O)N3)CC2)cc1. The van der Waals surface area contributed by atoms with Gasteiger partial charge in [0.1, 0.15) is 6.61 Å². The minimum atomic E-state index is -3.24. The highest BCUT2D eigenvalue weighted by atomic mass is 32.2. The third-order valence-electron chi connectivity index (χ3n) is 6.63. The molecule has 2 fully saturated rings. The Balaban J connectivity index is 1.42. The molecule has 2 aromatic rings. The molecule has 0 bridgehead atoms. The van der Waals surface area contributed by atoms with Gasteiger partial charge in [-0.3, -0.25) is 4.79 Å². The molecule has 2 aliphatic rings. The lowest BCUT2D eigenvalue weighted by molar-refractivity contribution is -0.132. The first kappa shape index (κ1) is 23.3. The Bertz CT molecular complexity index is 1080. The molecule has 0 aliphatic carbocycles. The molecule has 4 rings (SSSR count). The Morgan fingerprint density at radius 3 is 2.27 bits per heavy atom. The summed E-state index contributed by atoms with van der Waals surface area (Å²) in [6, 6.07) is 17.4. The van der Waals surface area contributed by atoms with Gasteiger partial charge in [-0.15, -0.1) is 0 Å². The van der Waals surface area contributed by atoms with E-state index in [9.17, 15) is 18.0 Å². The summed E-state index contributed by atoms with van der Waals surface area (Å²) in [5.41, 5.74) is 2.29. The van der Waals surface area contributed by atoms with Gasteiger partial charge in [0.25, 0.3) is 0 Å². The van der Waals surface area contributed by atoms with Crippen LogP contribution in [-0.2, 0) is 19.4 Å². The zero-order valence-corrected chi connectivity index (χ0v) is 19.6. The zero-order chi connectivity index (χ0) is 23.4. The van der Waals surface area contributed by atoms with Crippen molar-refractivity contribution in [2.75, 3.05) is 26.0 Å². The van der Waals surface area contributed by atoms with Crippen LogP contribution in [0.15, 0.2) is 59.5 Å². The summed E-state index contributed by atoms with van der Waals surface area (Å²) in [6.45, 7) is 1.72. The highest BCUT2D eigenvalue weighted by molar-refractivity contribution is 7.90. The normalized spacial score (nSPS) is 20.2. The van der Waals surface area contributed by atoms with Crippen LogP contribution < -0.4 is 5.32 Å². The summed E-state index contributed by atoms with van der Waals surface area (Å²) in [5, 5.41) is 2.71. The van der Waals surface area contributed by atoms with Gasteiger partial charge in [0.15, 0.2) is 9.84 Å². The molecule has 176 valence electrons. The van der Waals surface area contributed by atoms with Crippen molar-refractivity contribution >= 4 is 21.8 Å². The van der Waals surface area contributed by atoms with E-state index in [1.165, 1.54) is 11.8 Å². The first-order valence-electron chi connectivity index (χ1n) is 11.4. The molecule has 7 nitrogen and oxygen atoms in total. The number of sulfone groups is 1. The second kappa shape index (κ2) is 9.95. The smallest absolute Gasteiger partial charge is 0.407 e. The Hall–Kier alpha value is -2.87. The van der Waals surface area contributed by atoms with E-state index < -0.39 is 15.9 Å². The van der Waals surface area contributed by atoms with Crippen molar-refractivity contribution < 1.29 is 22.7 Å². The molecular weight excluding hydrogens is 440 g/mol. The molecule has 0 spiro atoms. The van der Waals surface area contributed by atoms with Crippen molar-refractivity contribution in [3.63, 3.8) is 0 Å². The van der Waals surface area contributed by atoms with E-state index in [4.69, 9.17) is 4.74 Å². The fourth-order valence-electron chi connectivity index (χ4n) is 4.84. The molecule has 2 atom stereocenters. The van der Waals surface area contributed by atoms with Crippen LogP contribution in [0.3, 0.4) is 0 Å². The molecule has 0 saturated carbocycles. The number of piperidine rings is 1. The molecule has 2 aliphatic heterocycles. The van der Waals surface area contributed by atoms with Crippen molar-refractivity contribution in [1.82, 2.24) is 10.2 Å². The average Bonchev–Trinajstić information content (AvgIpc) is 3.24. The predicted molar refractivity (Wildman–Crippen MR) is 125 cm³/mol. The van der Waals surface area contributed by atoms with Gasteiger partial charge in [0.2, 0.25) is 5.91 Å². The van der Waals surface area contributed by atoms with Crippen LogP contribution in [-0.4, -0.2) is 57.3 Å². The standard InChI is InChI=1S/C25H30N2O5S/c1-33(30,31)22-10-7-19(8-11-22)24(18-5-3-2-4-6-18)20-13-15-27(16-14-20)23(28)12-9-21-17-32-25(29)26-21/h2-8,10-11,20-21,24H,9,12-17H2,1H3,(H,26,29). The van der Waals surface area contributed by atoms with Crippen LogP contribution >= 0.6 is 0 Å². The van der Waals surface area contributed by atoms with Crippen LogP contribution in [0.5, 0.6) is 0 Å². The molecule has 0 aromatic heterocycles. The van der Waals surface area contributed by atoms with Gasteiger partial charge in [-0.2, -0.15) is 0 Å². The van der Waals surface area contributed by atoms with E-state index in [0.717, 1.165) is 18.4 Å². The summed E-state index contributed by atoms with van der Waals surface area (Å²) in [6.07, 6.45) is 3.55. The number of benzene rings is 2. The summed E-state index contributed by atoms with van der Waals surface area (Å²) >= 11 is 0. The summed E-state index contributed by atoms with van der Waals surface area (Å²) < 4.78 is 28.6. The first-order valence-corrected chi connectivity index (χ1v) is 13.3. The lowest BCUT2D eigenvalue weighted by Crippen LogP contribution is -2.40. The lowest BCUT2D eigenvalue weighted by atomic mass is 9.76. The van der Waals surface area contributed by atoms with Gasteiger partial charge in [-0.05, 0) is 48.4 Å². The van der Waals surface area contributed by atoms with Crippen molar-refractivity contribution in [2.45, 2.75) is 42.5 Å². The molecule has 1 N–H and O–H groups in total. The number of likely N-dealkylation sites (tertiary alicyclic amines) is 1. The quantitative estimate of drug-likeness (QED) is 0.670. The number of hydrogen-bond acceptors (Lipinski definition) is 5. The minimum Gasteiger partial charge on any atom is -0.447 e. The number of carbonyl (C=O) groups excluding carboxylic acids is 2. The van der Waals surface area contributed by atoms with Crippen LogP contribution in [0.25, 0.3) is 0 Å². The van der Waals surface area contributed by atoms with E-state index in [1.54, 1.807) is 12.1 Å². The van der Waals surface area contributed by atoms with E-state index >= 15 is 0 Å². The number of cyclic esters (lactones) is 1. The maximum atomic E-state index is 12.7. The molecule has 0 radical (unpaired) electrons. The monoisotopic (exact) mass is 470 g/mol. The van der Waals surface area contributed by atoms with Gasteiger partial charge >= 0.3 is 6.09 Å². The summed E-state index contributed by atoms with van der Waals surface area (Å²) in [5.74, 6) is 0.606. The Kier molecular flexibility index (Phi) is 7.02. The number of alkyl carbamates (subject to hydrolysis) is 1. The number of amides is 2. The summed E-state index contributed by atoms with van der Waals surface area (Å²) in [4.78, 5) is 26.1. The van der Waals surface area contributed by atoms with Crippen molar-refractivity contribution in [1.29, 1.82) is 0 Å². The molecule has 33 heavy (non-hydrogen) atoms. The third kappa shape index (κ3) is 5.74. The zero-order valence-electron chi connectivity index (χ0n) is 18.8. The second-order valence-corrected chi connectivity index (χ2v) is 10.9. The fraction of sp³-hybridized carbons (Fsp3) is 0.440. The van der Waals surface area contributed by atoms with Crippen molar-refractivity contribution in [2.24, 2.45) is 5.92 Å². The van der Waals surface area contributed by atoms with Crippen molar-refractivity contribution in [3.8, 4) is 0 Å². The molecule has 2 aromatic carbocycles. The average molecular weight is 471 g/mol. The molecular formula is C25H30N2O5S. The van der Waals surface area contributed by atoms with Crippen LogP contribution in [0.2, 0.25) is 0 Å². The van der Waals surface area contributed by atoms with Crippen LogP contribution in [0.4, 0.5) is 4.79 Å². The molecule has 2 unspecified atom stereocenters. The topological polar surface area (TPSA) is 92.8 Å². The number of nitrogens with zero attached hydrogens (tertiary/aromatic N) is 1. The third-order valence-corrected chi connectivity index (χ3v) is 7.76. The van der Waals surface area contributed by atoms with Gasteiger partial charge < -0.3 is 15.0 Å². The largest absolute Gasteiger partial charge is 0.447 e. The van der Waals surface area contributed by atoms with Gasteiger partial charge in [-0.25, -0.2) is 13.2 Å². The molecule has 2 amide bonds. The van der Waals surface area contributed by atoms with E-state index in [-0.39, 0.29) is 17.9 Å². The highest BCUT2D eigenvalue weighted by Gasteiger charge is 2.31. The lowest BCUT2D eigenvalue weighted by Gasteiger charge is -2.37. The van der Waals surface area contributed by atoms with Gasteiger partial charge in [-0.1, -0.05) is 42.5 Å². The molecule has 8 heteroatoms. The van der Waals surface area contributed by atoms with Crippen LogP contribution in [0.1, 0.15) is 42.7 Å². The molecule has 2 heterocycles. The number of ether oxygens (including phenoxy) is 1. The fourth-order valence-corrected chi connectivity index (χ4v) is 5.47. The van der Waals surface area contributed by atoms with Crippen LogP contribution in [0, 0.1) is 5.92 Å². The Labute approximate surface area is 195 Å². The highest BCUT2D eigenvalue weighted by Crippen LogP contribution is 2.38. The summed E-state index contributed by atoms with van der Waals surface area (Å²) in [7, 11) is -3.24. The number of rotatable bonds is 7. The first-order chi connectivity index (χ1) is 15.8. The number of hydrogen-bond donors (Lipinski definition) is 1. The predicted octanol–water partition coefficient (Wildman–Crippen LogP) is 3.35. The minimum absolute atomic E-state index is 0.0867. The Morgan fingerprint density at radius 1 is 1.06 bits per heavy atom. The second-order valence-electron chi connectivity index (χ2n) is 8.93. The van der Waals surface area contributed by atoms with E-state index in [2.05, 4.69) is 17.4 Å². The Morgan fingerprint density at radius 2 is 1.70 bits per heavy atom. The number of carbonyl (C=O) groups is 2. The van der Waals surface area contributed by atoms with E-state index in [1.807, 2.05) is 35.2 Å².